The maximum atomic E-state index is 13.5. The van der Waals surface area contributed by atoms with Gasteiger partial charge in [-0.2, -0.15) is 0 Å². The van der Waals surface area contributed by atoms with Crippen LogP contribution in [0, 0.1) is 16.0 Å². The average molecular weight is 484 g/mol. The van der Waals surface area contributed by atoms with E-state index in [1.165, 1.54) is 29.3 Å². The number of carbonyl (C=O) groups excluding carboxylic acids is 2. The van der Waals surface area contributed by atoms with Crippen molar-refractivity contribution in [3.8, 4) is 0 Å². The molecule has 5 rings (SSSR count). The number of hydrogen-bond acceptors (Lipinski definition) is 6. The van der Waals surface area contributed by atoms with Crippen molar-refractivity contribution in [3.05, 3.63) is 98.5 Å². The molecule has 2 heterocycles. The quantitative estimate of drug-likeness (QED) is 0.296. The molecule has 2 fully saturated rings. The molecule has 3 atom stereocenters. The fraction of sp³-hybridized carbons (Fsp3) is 0.130. The summed E-state index contributed by atoms with van der Waals surface area (Å²) in [4.78, 5) is 44.7. The SMILES string of the molecule is O=C1[C@H]2[C@@H](ON(c3cccc([N+](=O)[O-])c3)[C@H]2c2ccc(Cl)cc2Cl)C(=O)N1c1ccccc1. The number of fused-ring (bicyclic) bond motifs is 1. The fourth-order valence-electron chi connectivity index (χ4n) is 4.27. The number of non-ortho nitro benzene ring substituents is 1. The summed E-state index contributed by atoms with van der Waals surface area (Å²) in [7, 11) is 0. The predicted octanol–water partition coefficient (Wildman–Crippen LogP) is 4.95. The number of nitro groups is 1. The van der Waals surface area contributed by atoms with E-state index >= 15 is 0 Å². The Kier molecular flexibility index (Phi) is 5.28. The lowest BCUT2D eigenvalue weighted by Crippen LogP contribution is -2.37. The van der Waals surface area contributed by atoms with Gasteiger partial charge in [-0.3, -0.25) is 24.5 Å². The summed E-state index contributed by atoms with van der Waals surface area (Å²) in [6, 6.07) is 18.4. The number of hydrogen-bond donors (Lipinski definition) is 0. The third-order valence-electron chi connectivity index (χ3n) is 5.71. The molecule has 0 aliphatic carbocycles. The van der Waals surface area contributed by atoms with E-state index < -0.39 is 34.8 Å². The van der Waals surface area contributed by atoms with Crippen LogP contribution in [0.25, 0.3) is 0 Å². The molecule has 10 heteroatoms. The van der Waals surface area contributed by atoms with Crippen molar-refractivity contribution in [1.29, 1.82) is 0 Å². The van der Waals surface area contributed by atoms with Gasteiger partial charge in [0.15, 0.2) is 6.10 Å². The number of para-hydroxylation sites is 1. The minimum Gasteiger partial charge on any atom is -0.273 e. The summed E-state index contributed by atoms with van der Waals surface area (Å²) in [6.07, 6.45) is -1.12. The summed E-state index contributed by atoms with van der Waals surface area (Å²) < 4.78 is 0. The number of amides is 2. The minimum absolute atomic E-state index is 0.155. The number of imide groups is 1. The third kappa shape index (κ3) is 3.52. The molecule has 2 saturated heterocycles. The lowest BCUT2D eigenvalue weighted by molar-refractivity contribution is -0.384. The topological polar surface area (TPSA) is 93.0 Å². The first kappa shape index (κ1) is 21.4. The molecule has 166 valence electrons. The molecule has 0 radical (unpaired) electrons. The maximum Gasteiger partial charge on any atom is 0.271 e. The zero-order valence-corrected chi connectivity index (χ0v) is 18.3. The molecular formula is C23H15Cl2N3O5. The summed E-state index contributed by atoms with van der Waals surface area (Å²) in [5.74, 6) is -1.88. The average Bonchev–Trinajstić information content (AvgIpc) is 3.30. The van der Waals surface area contributed by atoms with Crippen LogP contribution in [0.2, 0.25) is 10.0 Å². The second-order valence-electron chi connectivity index (χ2n) is 7.61. The maximum absolute atomic E-state index is 13.5. The van der Waals surface area contributed by atoms with Crippen LogP contribution in [0.3, 0.4) is 0 Å². The van der Waals surface area contributed by atoms with E-state index in [0.717, 1.165) is 4.90 Å². The first-order valence-corrected chi connectivity index (χ1v) is 10.7. The summed E-state index contributed by atoms with van der Waals surface area (Å²) in [6.45, 7) is 0. The number of anilines is 2. The van der Waals surface area contributed by atoms with Crippen molar-refractivity contribution < 1.29 is 19.3 Å². The molecule has 2 aliphatic rings. The molecule has 0 saturated carbocycles. The Bertz CT molecular complexity index is 1290. The van der Waals surface area contributed by atoms with E-state index in [9.17, 15) is 19.7 Å². The molecule has 3 aromatic rings. The lowest BCUT2D eigenvalue weighted by atomic mass is 9.90. The van der Waals surface area contributed by atoms with E-state index in [0.29, 0.717) is 22.0 Å². The van der Waals surface area contributed by atoms with Gasteiger partial charge in [0.2, 0.25) is 5.91 Å². The number of hydroxylamine groups is 1. The largest absolute Gasteiger partial charge is 0.273 e. The van der Waals surface area contributed by atoms with E-state index in [-0.39, 0.29) is 10.7 Å². The van der Waals surface area contributed by atoms with Gasteiger partial charge >= 0.3 is 0 Å². The molecule has 0 aromatic heterocycles. The zero-order chi connectivity index (χ0) is 23.3. The van der Waals surface area contributed by atoms with Crippen LogP contribution in [0.1, 0.15) is 11.6 Å². The van der Waals surface area contributed by atoms with Gasteiger partial charge in [-0.05, 0) is 35.9 Å². The minimum atomic E-state index is -1.12. The van der Waals surface area contributed by atoms with Gasteiger partial charge in [-0.15, -0.1) is 0 Å². The normalized spacial score (nSPS) is 22.1. The lowest BCUT2D eigenvalue weighted by Gasteiger charge is -2.29. The Hall–Kier alpha value is -3.46. The Labute approximate surface area is 198 Å². The molecule has 0 spiro atoms. The molecule has 8 nitrogen and oxygen atoms in total. The van der Waals surface area contributed by atoms with Gasteiger partial charge < -0.3 is 0 Å². The molecule has 3 aromatic carbocycles. The van der Waals surface area contributed by atoms with Crippen LogP contribution >= 0.6 is 23.2 Å². The predicted molar refractivity (Wildman–Crippen MR) is 122 cm³/mol. The van der Waals surface area contributed by atoms with Gasteiger partial charge in [-0.1, -0.05) is 53.5 Å². The van der Waals surface area contributed by atoms with E-state index in [2.05, 4.69) is 0 Å². The highest BCUT2D eigenvalue weighted by Gasteiger charge is 2.60. The number of nitrogens with zero attached hydrogens (tertiary/aromatic N) is 3. The second kappa shape index (κ2) is 8.15. The highest BCUT2D eigenvalue weighted by molar-refractivity contribution is 6.35. The van der Waals surface area contributed by atoms with Gasteiger partial charge in [0.1, 0.15) is 5.92 Å². The van der Waals surface area contributed by atoms with Gasteiger partial charge in [0.05, 0.1) is 22.3 Å². The Balaban J connectivity index is 1.63. The number of nitro benzene ring substituents is 1. The zero-order valence-electron chi connectivity index (χ0n) is 16.8. The Morgan fingerprint density at radius 3 is 2.30 bits per heavy atom. The molecule has 33 heavy (non-hydrogen) atoms. The highest BCUT2D eigenvalue weighted by Crippen LogP contribution is 2.49. The van der Waals surface area contributed by atoms with Crippen LogP contribution in [-0.4, -0.2) is 22.8 Å². The van der Waals surface area contributed by atoms with Gasteiger partial charge in [-0.25, -0.2) is 9.96 Å². The van der Waals surface area contributed by atoms with Crippen LogP contribution in [0.15, 0.2) is 72.8 Å². The second-order valence-corrected chi connectivity index (χ2v) is 8.46. The molecule has 2 aliphatic heterocycles. The Morgan fingerprint density at radius 2 is 1.61 bits per heavy atom. The first-order chi connectivity index (χ1) is 15.9. The number of carbonyl (C=O) groups is 2. The molecule has 0 unspecified atom stereocenters. The summed E-state index contributed by atoms with van der Waals surface area (Å²) >= 11 is 12.6. The summed E-state index contributed by atoms with van der Waals surface area (Å²) in [5.41, 5.74) is 1.11. The summed E-state index contributed by atoms with van der Waals surface area (Å²) in [5, 5.41) is 13.3. The monoisotopic (exact) mass is 483 g/mol. The number of rotatable bonds is 4. The van der Waals surface area contributed by atoms with Crippen molar-refractivity contribution in [1.82, 2.24) is 0 Å². The number of benzene rings is 3. The molecule has 2 amide bonds. The van der Waals surface area contributed by atoms with E-state index in [1.807, 2.05) is 0 Å². The van der Waals surface area contributed by atoms with Crippen LogP contribution < -0.4 is 9.96 Å². The van der Waals surface area contributed by atoms with Crippen molar-refractivity contribution >= 4 is 52.1 Å². The number of halogens is 2. The van der Waals surface area contributed by atoms with Gasteiger partial charge in [0.25, 0.3) is 11.6 Å². The van der Waals surface area contributed by atoms with Crippen LogP contribution in [0.5, 0.6) is 0 Å². The van der Waals surface area contributed by atoms with Crippen molar-refractivity contribution in [2.45, 2.75) is 12.1 Å². The standard InChI is InChI=1S/C23H15Cl2N3O5/c24-13-9-10-17(18(25)11-13)20-19-21(23(30)26(22(19)29)14-5-2-1-3-6-14)33-27(20)15-7-4-8-16(12-15)28(31)32/h1-12,19-21H/t19-,20+,21-/m1/s1. The van der Waals surface area contributed by atoms with Crippen molar-refractivity contribution in [2.75, 3.05) is 9.96 Å². The fourth-order valence-corrected chi connectivity index (χ4v) is 4.79. The Morgan fingerprint density at radius 1 is 0.879 bits per heavy atom. The van der Waals surface area contributed by atoms with Crippen molar-refractivity contribution in [2.24, 2.45) is 5.92 Å². The smallest absolute Gasteiger partial charge is 0.271 e. The molecule has 0 bridgehead atoms. The molecular weight excluding hydrogens is 469 g/mol. The third-order valence-corrected chi connectivity index (χ3v) is 6.27. The van der Waals surface area contributed by atoms with E-state index in [1.54, 1.807) is 48.5 Å². The van der Waals surface area contributed by atoms with Crippen LogP contribution in [0.4, 0.5) is 17.1 Å². The molecule has 0 N–H and O–H groups in total. The first-order valence-electron chi connectivity index (χ1n) is 9.95. The van der Waals surface area contributed by atoms with E-state index in [4.69, 9.17) is 28.0 Å². The highest BCUT2D eigenvalue weighted by atomic mass is 35.5. The van der Waals surface area contributed by atoms with Crippen molar-refractivity contribution in [3.63, 3.8) is 0 Å². The van der Waals surface area contributed by atoms with Gasteiger partial charge in [0, 0.05) is 22.2 Å². The van der Waals surface area contributed by atoms with Crippen LogP contribution in [-0.2, 0) is 14.4 Å².